The number of nitrogens with zero attached hydrogens (tertiary/aromatic N) is 1. The molecular weight excluding hydrogens is 198 g/mol. The van der Waals surface area contributed by atoms with Crippen LogP contribution in [0.1, 0.15) is 13.8 Å². The zero-order valence-corrected chi connectivity index (χ0v) is 9.52. The molecule has 0 heterocycles. The van der Waals surface area contributed by atoms with Crippen molar-refractivity contribution in [3.05, 3.63) is 12.2 Å². The molecule has 0 aromatic rings. The number of carbonyl (C=O) groups excluding carboxylic acids is 2. The first-order valence-electron chi connectivity index (χ1n) is 4.65. The van der Waals surface area contributed by atoms with Crippen molar-refractivity contribution in [3.63, 3.8) is 0 Å². The lowest BCUT2D eigenvalue weighted by atomic mass is 10.5. The van der Waals surface area contributed by atoms with E-state index in [1.54, 1.807) is 19.9 Å². The van der Waals surface area contributed by atoms with E-state index in [4.69, 9.17) is 0 Å². The molecule has 5 nitrogen and oxygen atoms in total. The zero-order valence-electron chi connectivity index (χ0n) is 9.52. The normalized spacial score (nSPS) is 11.1. The Kier molecular flexibility index (Phi) is 6.37. The standard InChI is InChI=1S/C10H17NO4/c1-8(2)14-10(13)15-9(12)6-5-7-11(3)4/h5-6,8H,7H2,1-4H3. The van der Waals surface area contributed by atoms with Crippen molar-refractivity contribution in [2.75, 3.05) is 20.6 Å². The van der Waals surface area contributed by atoms with Gasteiger partial charge in [-0.05, 0) is 27.9 Å². The summed E-state index contributed by atoms with van der Waals surface area (Å²) < 4.78 is 8.96. The van der Waals surface area contributed by atoms with Gasteiger partial charge in [0.2, 0.25) is 0 Å². The lowest BCUT2D eigenvalue weighted by Gasteiger charge is -2.06. The third kappa shape index (κ3) is 8.96. The lowest BCUT2D eigenvalue weighted by Crippen LogP contribution is -2.16. The highest BCUT2D eigenvalue weighted by atomic mass is 16.7. The minimum absolute atomic E-state index is 0.295. The molecule has 0 bridgehead atoms. The summed E-state index contributed by atoms with van der Waals surface area (Å²) in [6, 6.07) is 0. The average Bonchev–Trinajstić information content (AvgIpc) is 2.00. The summed E-state index contributed by atoms with van der Waals surface area (Å²) in [5, 5.41) is 0. The van der Waals surface area contributed by atoms with Crippen molar-refractivity contribution >= 4 is 12.1 Å². The molecule has 0 aromatic carbocycles. The number of likely N-dealkylation sites (N-methyl/N-ethyl adjacent to an activating group) is 1. The van der Waals surface area contributed by atoms with Crippen LogP contribution in [0.3, 0.4) is 0 Å². The molecular formula is C10H17NO4. The molecule has 0 aliphatic carbocycles. The molecule has 0 aromatic heterocycles. The van der Waals surface area contributed by atoms with Gasteiger partial charge in [0.25, 0.3) is 0 Å². The van der Waals surface area contributed by atoms with Crippen LogP contribution >= 0.6 is 0 Å². The number of hydrogen-bond acceptors (Lipinski definition) is 5. The van der Waals surface area contributed by atoms with Gasteiger partial charge in [-0.25, -0.2) is 9.59 Å². The number of rotatable bonds is 4. The number of carbonyl (C=O) groups is 2. The Bertz CT molecular complexity index is 246. The summed E-state index contributed by atoms with van der Waals surface area (Å²) in [4.78, 5) is 23.7. The van der Waals surface area contributed by atoms with Gasteiger partial charge in [-0.1, -0.05) is 6.08 Å². The Hall–Kier alpha value is -1.36. The van der Waals surface area contributed by atoms with E-state index in [2.05, 4.69) is 9.47 Å². The Morgan fingerprint density at radius 2 is 1.93 bits per heavy atom. The summed E-state index contributed by atoms with van der Waals surface area (Å²) in [7, 11) is 3.73. The van der Waals surface area contributed by atoms with Gasteiger partial charge in [0.15, 0.2) is 0 Å². The van der Waals surface area contributed by atoms with Gasteiger partial charge in [0, 0.05) is 12.6 Å². The van der Waals surface area contributed by atoms with Crippen LogP contribution in [0.25, 0.3) is 0 Å². The molecule has 0 radical (unpaired) electrons. The van der Waals surface area contributed by atoms with E-state index >= 15 is 0 Å². The predicted molar refractivity (Wildman–Crippen MR) is 55.4 cm³/mol. The van der Waals surface area contributed by atoms with Crippen molar-refractivity contribution in [1.82, 2.24) is 4.90 Å². The average molecular weight is 215 g/mol. The second-order valence-corrected chi connectivity index (χ2v) is 3.50. The van der Waals surface area contributed by atoms with Crippen molar-refractivity contribution in [1.29, 1.82) is 0 Å². The summed E-state index contributed by atoms with van der Waals surface area (Å²) in [6.45, 7) is 3.95. The second kappa shape index (κ2) is 7.00. The van der Waals surface area contributed by atoms with Crippen LogP contribution in [-0.4, -0.2) is 43.8 Å². The monoisotopic (exact) mass is 215 g/mol. The van der Waals surface area contributed by atoms with Crippen molar-refractivity contribution < 1.29 is 19.1 Å². The minimum atomic E-state index is -0.968. The molecule has 86 valence electrons. The molecule has 0 saturated carbocycles. The fraction of sp³-hybridized carbons (Fsp3) is 0.600. The molecule has 0 aliphatic heterocycles. The maximum atomic E-state index is 11.0. The summed E-state index contributed by atoms with van der Waals surface area (Å²) >= 11 is 0. The van der Waals surface area contributed by atoms with Gasteiger partial charge in [-0.3, -0.25) is 0 Å². The molecule has 0 amide bonds. The number of hydrogen-bond donors (Lipinski definition) is 0. The van der Waals surface area contributed by atoms with E-state index in [1.807, 2.05) is 19.0 Å². The van der Waals surface area contributed by atoms with Crippen LogP contribution in [0.4, 0.5) is 4.79 Å². The Morgan fingerprint density at radius 1 is 1.33 bits per heavy atom. The van der Waals surface area contributed by atoms with Crippen LogP contribution < -0.4 is 0 Å². The van der Waals surface area contributed by atoms with Crippen LogP contribution in [0.2, 0.25) is 0 Å². The Labute approximate surface area is 89.6 Å². The van der Waals surface area contributed by atoms with Gasteiger partial charge in [0.05, 0.1) is 6.10 Å². The molecule has 0 rings (SSSR count). The van der Waals surface area contributed by atoms with E-state index in [-0.39, 0.29) is 6.10 Å². The van der Waals surface area contributed by atoms with E-state index in [0.717, 1.165) is 0 Å². The quantitative estimate of drug-likeness (QED) is 0.400. The first-order valence-corrected chi connectivity index (χ1v) is 4.65. The molecule has 0 aliphatic rings. The molecule has 0 fully saturated rings. The highest BCUT2D eigenvalue weighted by Gasteiger charge is 2.10. The van der Waals surface area contributed by atoms with Gasteiger partial charge in [0.1, 0.15) is 0 Å². The Balaban J connectivity index is 3.83. The number of esters is 1. The van der Waals surface area contributed by atoms with Crippen LogP contribution in [0.5, 0.6) is 0 Å². The SMILES string of the molecule is CC(C)OC(=O)OC(=O)C=CCN(C)C. The summed E-state index contributed by atoms with van der Waals surface area (Å²) in [5.41, 5.74) is 0. The molecule has 0 atom stereocenters. The highest BCUT2D eigenvalue weighted by Crippen LogP contribution is 1.94. The van der Waals surface area contributed by atoms with E-state index < -0.39 is 12.1 Å². The fourth-order valence-electron chi connectivity index (χ4n) is 0.692. The minimum Gasteiger partial charge on any atom is -0.431 e. The molecule has 15 heavy (non-hydrogen) atoms. The highest BCUT2D eigenvalue weighted by molar-refractivity contribution is 5.89. The third-order valence-corrected chi connectivity index (χ3v) is 1.24. The van der Waals surface area contributed by atoms with Gasteiger partial charge in [-0.15, -0.1) is 0 Å². The third-order valence-electron chi connectivity index (χ3n) is 1.24. The molecule has 0 unspecified atom stereocenters. The molecule has 0 spiro atoms. The van der Waals surface area contributed by atoms with Gasteiger partial charge < -0.3 is 14.4 Å². The number of ether oxygens (including phenoxy) is 2. The maximum absolute atomic E-state index is 11.0. The lowest BCUT2D eigenvalue weighted by molar-refractivity contribution is -0.134. The van der Waals surface area contributed by atoms with Gasteiger partial charge >= 0.3 is 12.1 Å². The summed E-state index contributed by atoms with van der Waals surface area (Å²) in [6.07, 6.45) is 1.53. The van der Waals surface area contributed by atoms with Crippen molar-refractivity contribution in [2.24, 2.45) is 0 Å². The van der Waals surface area contributed by atoms with Crippen LogP contribution in [0, 0.1) is 0 Å². The van der Waals surface area contributed by atoms with Crippen LogP contribution in [0.15, 0.2) is 12.2 Å². The van der Waals surface area contributed by atoms with E-state index in [0.29, 0.717) is 6.54 Å². The van der Waals surface area contributed by atoms with Crippen molar-refractivity contribution in [3.8, 4) is 0 Å². The largest absolute Gasteiger partial charge is 0.516 e. The topological polar surface area (TPSA) is 55.8 Å². The first kappa shape index (κ1) is 13.6. The Morgan fingerprint density at radius 3 is 2.40 bits per heavy atom. The fourth-order valence-corrected chi connectivity index (χ4v) is 0.692. The van der Waals surface area contributed by atoms with Gasteiger partial charge in [-0.2, -0.15) is 0 Å². The molecule has 0 N–H and O–H groups in total. The zero-order chi connectivity index (χ0) is 11.8. The smallest absolute Gasteiger partial charge is 0.431 e. The van der Waals surface area contributed by atoms with Crippen LogP contribution in [-0.2, 0) is 14.3 Å². The first-order chi connectivity index (χ1) is 6.91. The summed E-state index contributed by atoms with van der Waals surface area (Å²) in [5.74, 6) is -0.720. The molecule has 5 heteroatoms. The van der Waals surface area contributed by atoms with E-state index in [9.17, 15) is 9.59 Å². The molecule has 0 saturated heterocycles. The maximum Gasteiger partial charge on any atom is 0.516 e. The second-order valence-electron chi connectivity index (χ2n) is 3.50. The van der Waals surface area contributed by atoms with E-state index in [1.165, 1.54) is 6.08 Å². The predicted octanol–water partition coefficient (Wildman–Crippen LogP) is 1.19. The van der Waals surface area contributed by atoms with Crippen molar-refractivity contribution in [2.45, 2.75) is 20.0 Å².